The van der Waals surface area contributed by atoms with E-state index in [2.05, 4.69) is 12.2 Å². The molecular weight excluding hydrogens is 492 g/mol. The van der Waals surface area contributed by atoms with E-state index in [1.54, 1.807) is 28.4 Å². The molecule has 1 spiro atoms. The van der Waals surface area contributed by atoms with Crippen molar-refractivity contribution >= 4 is 56.2 Å². The molecule has 2 aliphatic heterocycles. The quantitative estimate of drug-likeness (QED) is 0.476. The Balaban J connectivity index is 1.56. The van der Waals surface area contributed by atoms with Crippen LogP contribution in [0.3, 0.4) is 0 Å². The van der Waals surface area contributed by atoms with E-state index in [1.165, 1.54) is 23.6 Å². The van der Waals surface area contributed by atoms with Crippen LogP contribution in [0.2, 0.25) is 0 Å². The number of benzene rings is 2. The number of hydrogen-bond donors (Lipinski definition) is 1. The zero-order valence-electron chi connectivity index (χ0n) is 20.3. The van der Waals surface area contributed by atoms with E-state index in [1.807, 2.05) is 54.6 Å². The number of rotatable bonds is 4. The summed E-state index contributed by atoms with van der Waals surface area (Å²) in [4.78, 5) is 30.1. The van der Waals surface area contributed by atoms with E-state index >= 15 is 0 Å². The highest BCUT2D eigenvalue weighted by Crippen LogP contribution is 2.53. The van der Waals surface area contributed by atoms with Gasteiger partial charge >= 0.3 is 0 Å². The minimum absolute atomic E-state index is 0.0759. The lowest BCUT2D eigenvalue weighted by Gasteiger charge is -2.47. The number of Topliss-reactive ketones (excluding diaryl/α,β-unsaturated/α-hetero) is 1. The van der Waals surface area contributed by atoms with E-state index in [9.17, 15) is 9.59 Å². The van der Waals surface area contributed by atoms with Crippen LogP contribution in [0.4, 0.5) is 16.4 Å². The van der Waals surface area contributed by atoms with Gasteiger partial charge in [0.1, 0.15) is 10.8 Å². The Hall–Kier alpha value is -3.30. The number of hydrogen-bond acceptors (Lipinski definition) is 8. The van der Waals surface area contributed by atoms with E-state index in [-0.39, 0.29) is 11.7 Å². The SMILES string of the molecule is COc1ccc(N2N=C(C(C)=O)S[C@@]23Nc2sc4c(c2C(=O)N3c2ccccc2)CC[C@@H](C)C4)cc1. The molecule has 7 nitrogen and oxygen atoms in total. The van der Waals surface area contributed by atoms with Crippen molar-refractivity contribution in [1.29, 1.82) is 0 Å². The molecule has 0 radical (unpaired) electrons. The van der Waals surface area contributed by atoms with Crippen LogP contribution in [-0.2, 0) is 17.6 Å². The molecule has 184 valence electrons. The van der Waals surface area contributed by atoms with Gasteiger partial charge in [0, 0.05) is 17.5 Å². The van der Waals surface area contributed by atoms with Gasteiger partial charge < -0.3 is 10.1 Å². The third kappa shape index (κ3) is 3.52. The van der Waals surface area contributed by atoms with Crippen LogP contribution in [0.25, 0.3) is 0 Å². The van der Waals surface area contributed by atoms with Crippen LogP contribution < -0.4 is 20.0 Å². The number of thioether (sulfide) groups is 1. The summed E-state index contributed by atoms with van der Waals surface area (Å²) in [7, 11) is 1.62. The molecule has 36 heavy (non-hydrogen) atoms. The second-order valence-electron chi connectivity index (χ2n) is 9.34. The third-order valence-corrected chi connectivity index (χ3v) is 9.33. The zero-order chi connectivity index (χ0) is 25.0. The Kier molecular flexibility index (Phi) is 5.57. The summed E-state index contributed by atoms with van der Waals surface area (Å²) in [5, 5.41) is 10.2. The summed E-state index contributed by atoms with van der Waals surface area (Å²) in [6.45, 7) is 3.77. The maximum absolute atomic E-state index is 14.4. The number of amides is 1. The number of anilines is 3. The van der Waals surface area contributed by atoms with Gasteiger partial charge in [-0.15, -0.1) is 11.3 Å². The summed E-state index contributed by atoms with van der Waals surface area (Å²) < 4.78 is 5.35. The minimum atomic E-state index is -1.18. The summed E-state index contributed by atoms with van der Waals surface area (Å²) in [6.07, 6.45) is 2.95. The molecule has 1 N–H and O–H groups in total. The molecule has 0 saturated heterocycles. The van der Waals surface area contributed by atoms with Crippen molar-refractivity contribution < 1.29 is 14.3 Å². The number of para-hydroxylation sites is 1. The lowest BCUT2D eigenvalue weighted by atomic mass is 9.88. The van der Waals surface area contributed by atoms with Crippen LogP contribution in [0, 0.1) is 5.92 Å². The molecule has 9 heteroatoms. The average Bonchev–Trinajstić information content (AvgIpc) is 3.43. The molecule has 3 heterocycles. The van der Waals surface area contributed by atoms with Gasteiger partial charge in [-0.05, 0) is 78.9 Å². The summed E-state index contributed by atoms with van der Waals surface area (Å²) in [5.74, 6) is 1.08. The number of ketones is 1. The van der Waals surface area contributed by atoms with Crippen LogP contribution in [0.5, 0.6) is 5.75 Å². The first-order chi connectivity index (χ1) is 17.4. The summed E-state index contributed by atoms with van der Waals surface area (Å²) >= 11 is 2.93. The average molecular weight is 519 g/mol. The summed E-state index contributed by atoms with van der Waals surface area (Å²) in [6, 6.07) is 17.1. The Morgan fingerprint density at radius 3 is 2.58 bits per heavy atom. The first-order valence-corrected chi connectivity index (χ1v) is 13.6. The van der Waals surface area contributed by atoms with Gasteiger partial charge in [0.05, 0.1) is 18.4 Å². The summed E-state index contributed by atoms with van der Waals surface area (Å²) in [5.41, 5.74) is 3.38. The predicted molar refractivity (Wildman–Crippen MR) is 146 cm³/mol. The predicted octanol–water partition coefficient (Wildman–Crippen LogP) is 5.72. The van der Waals surface area contributed by atoms with Gasteiger partial charge in [0.2, 0.25) is 0 Å². The lowest BCUT2D eigenvalue weighted by Crippen LogP contribution is -2.65. The van der Waals surface area contributed by atoms with Crippen molar-refractivity contribution in [3.63, 3.8) is 0 Å². The van der Waals surface area contributed by atoms with Crippen molar-refractivity contribution in [3.05, 3.63) is 70.6 Å². The Labute approximate surface area is 218 Å². The number of fused-ring (bicyclic) bond motifs is 3. The lowest BCUT2D eigenvalue weighted by molar-refractivity contribution is -0.110. The molecule has 2 aromatic carbocycles. The number of nitrogens with one attached hydrogen (secondary N) is 1. The highest BCUT2D eigenvalue weighted by molar-refractivity contribution is 8.17. The van der Waals surface area contributed by atoms with Gasteiger partial charge in [0.25, 0.3) is 11.0 Å². The fraction of sp³-hybridized carbons (Fsp3) is 0.296. The van der Waals surface area contributed by atoms with Crippen molar-refractivity contribution in [3.8, 4) is 5.75 Å². The van der Waals surface area contributed by atoms with Gasteiger partial charge in [-0.25, -0.2) is 5.01 Å². The highest BCUT2D eigenvalue weighted by atomic mass is 32.2. The Morgan fingerprint density at radius 1 is 1.14 bits per heavy atom. The molecule has 3 aromatic rings. The standard InChI is InChI=1S/C27H26N4O3S2/c1-16-9-14-21-22(15-16)35-25-23(21)26(33)30(18-7-5-4-6-8-18)27(28-25)31(29-24(36-27)17(2)32)19-10-12-20(34-3)13-11-19/h4-8,10-13,16,28H,9,14-15H2,1-3H3/t16-,27-/m1/s1. The smallest absolute Gasteiger partial charge is 0.274 e. The first kappa shape index (κ1) is 23.1. The second kappa shape index (κ2) is 8.67. The van der Waals surface area contributed by atoms with Crippen LogP contribution >= 0.6 is 23.1 Å². The van der Waals surface area contributed by atoms with E-state index in [0.717, 1.165) is 46.8 Å². The maximum Gasteiger partial charge on any atom is 0.274 e. The first-order valence-electron chi connectivity index (χ1n) is 12.0. The van der Waals surface area contributed by atoms with Crippen LogP contribution in [-0.4, -0.2) is 29.0 Å². The molecule has 0 bridgehead atoms. The minimum Gasteiger partial charge on any atom is -0.497 e. The number of carbonyl (C=O) groups is 2. The van der Waals surface area contributed by atoms with Crippen molar-refractivity contribution in [1.82, 2.24) is 0 Å². The number of nitrogens with zero attached hydrogens (tertiary/aromatic N) is 3. The maximum atomic E-state index is 14.4. The van der Waals surface area contributed by atoms with Gasteiger partial charge in [0.15, 0.2) is 10.8 Å². The molecule has 3 aliphatic rings. The Morgan fingerprint density at radius 2 is 1.89 bits per heavy atom. The number of hydrazone groups is 1. The molecular formula is C27H26N4O3S2. The number of methoxy groups -OCH3 is 1. The van der Waals surface area contributed by atoms with Crippen molar-refractivity contribution in [2.45, 2.75) is 38.2 Å². The molecule has 6 rings (SSSR count). The van der Waals surface area contributed by atoms with Crippen molar-refractivity contribution in [2.24, 2.45) is 11.0 Å². The zero-order valence-corrected chi connectivity index (χ0v) is 21.9. The monoisotopic (exact) mass is 518 g/mol. The molecule has 0 fully saturated rings. The fourth-order valence-electron chi connectivity index (χ4n) is 5.06. The van der Waals surface area contributed by atoms with E-state index in [0.29, 0.717) is 16.7 Å². The molecule has 1 aliphatic carbocycles. The fourth-order valence-corrected chi connectivity index (χ4v) is 7.78. The number of carbonyl (C=O) groups excluding carboxylic acids is 2. The molecule has 1 amide bonds. The van der Waals surface area contributed by atoms with Gasteiger partial charge in [-0.2, -0.15) is 5.10 Å². The van der Waals surface area contributed by atoms with E-state index < -0.39 is 5.12 Å². The number of thiophene rings is 1. The van der Waals surface area contributed by atoms with Gasteiger partial charge in [-0.1, -0.05) is 25.1 Å². The van der Waals surface area contributed by atoms with Crippen LogP contribution in [0.1, 0.15) is 41.1 Å². The molecule has 0 saturated carbocycles. The molecule has 1 aromatic heterocycles. The molecule has 0 unspecified atom stereocenters. The number of ether oxygens (including phenoxy) is 1. The van der Waals surface area contributed by atoms with Gasteiger partial charge in [-0.3, -0.25) is 14.5 Å². The second-order valence-corrected chi connectivity index (χ2v) is 11.6. The topological polar surface area (TPSA) is 74.2 Å². The Bertz CT molecular complexity index is 1390. The third-order valence-electron chi connectivity index (χ3n) is 6.86. The highest BCUT2D eigenvalue weighted by Gasteiger charge is 2.57. The normalized spacial score (nSPS) is 22.7. The van der Waals surface area contributed by atoms with Crippen LogP contribution in [0.15, 0.2) is 59.7 Å². The van der Waals surface area contributed by atoms with E-state index in [4.69, 9.17) is 9.84 Å². The largest absolute Gasteiger partial charge is 0.497 e. The van der Waals surface area contributed by atoms with Crippen molar-refractivity contribution in [2.75, 3.05) is 22.3 Å². The molecule has 2 atom stereocenters.